The number of hydrogen-bond acceptors (Lipinski definition) is 4. The fraction of sp³-hybridized carbons (Fsp3) is 0.0556. The van der Waals surface area contributed by atoms with Crippen molar-refractivity contribution < 1.29 is 0 Å². The van der Waals surface area contributed by atoms with E-state index in [1.165, 1.54) is 0 Å². The third kappa shape index (κ3) is 2.81. The van der Waals surface area contributed by atoms with E-state index in [2.05, 4.69) is 20.4 Å². The summed E-state index contributed by atoms with van der Waals surface area (Å²) in [5, 5.41) is 9.38. The van der Waals surface area contributed by atoms with Gasteiger partial charge in [0.1, 0.15) is 12.1 Å². The van der Waals surface area contributed by atoms with Crippen molar-refractivity contribution in [2.45, 2.75) is 6.54 Å². The number of anilines is 1. The van der Waals surface area contributed by atoms with Gasteiger partial charge in [0.25, 0.3) is 0 Å². The van der Waals surface area contributed by atoms with E-state index in [-0.39, 0.29) is 0 Å². The first-order chi connectivity index (χ1) is 11.8. The fourth-order valence-corrected chi connectivity index (χ4v) is 2.79. The minimum Gasteiger partial charge on any atom is -0.365 e. The molecule has 4 rings (SSSR count). The van der Waals surface area contributed by atoms with E-state index in [0.29, 0.717) is 6.54 Å². The summed E-state index contributed by atoms with van der Waals surface area (Å²) < 4.78 is 1.81. The summed E-state index contributed by atoms with van der Waals surface area (Å²) >= 11 is 6.03. The maximum atomic E-state index is 6.03. The minimum absolute atomic E-state index is 0.628. The lowest BCUT2D eigenvalue weighted by molar-refractivity contribution is 0.895. The molecule has 0 radical (unpaired) electrons. The number of para-hydroxylation sites is 1. The molecule has 4 aromatic rings. The first kappa shape index (κ1) is 14.7. The Kier molecular flexibility index (Phi) is 3.84. The van der Waals surface area contributed by atoms with Crippen LogP contribution in [0.5, 0.6) is 0 Å². The van der Waals surface area contributed by atoms with Gasteiger partial charge in [-0.25, -0.2) is 14.6 Å². The van der Waals surface area contributed by atoms with Crippen LogP contribution in [-0.2, 0) is 6.54 Å². The van der Waals surface area contributed by atoms with Crippen molar-refractivity contribution in [1.29, 1.82) is 0 Å². The van der Waals surface area contributed by atoms with Crippen LogP contribution in [0.15, 0.2) is 67.1 Å². The van der Waals surface area contributed by atoms with Gasteiger partial charge in [0.15, 0.2) is 5.65 Å². The number of benzene rings is 2. The third-order valence-electron chi connectivity index (χ3n) is 3.72. The largest absolute Gasteiger partial charge is 0.365 e. The Morgan fingerprint density at radius 3 is 2.71 bits per heavy atom. The number of rotatable bonds is 4. The topological polar surface area (TPSA) is 55.6 Å². The van der Waals surface area contributed by atoms with E-state index in [4.69, 9.17) is 11.6 Å². The van der Waals surface area contributed by atoms with E-state index >= 15 is 0 Å². The zero-order chi connectivity index (χ0) is 16.4. The maximum absolute atomic E-state index is 6.03. The number of nitrogens with zero attached hydrogens (tertiary/aromatic N) is 4. The van der Waals surface area contributed by atoms with Crippen LogP contribution in [0.2, 0.25) is 5.02 Å². The molecule has 1 N–H and O–H groups in total. The molecule has 24 heavy (non-hydrogen) atoms. The van der Waals surface area contributed by atoms with Gasteiger partial charge in [-0.3, -0.25) is 0 Å². The van der Waals surface area contributed by atoms with E-state index in [9.17, 15) is 0 Å². The lowest BCUT2D eigenvalue weighted by Crippen LogP contribution is -2.03. The van der Waals surface area contributed by atoms with Crippen molar-refractivity contribution in [2.75, 3.05) is 5.32 Å². The van der Waals surface area contributed by atoms with Crippen LogP contribution < -0.4 is 5.32 Å². The van der Waals surface area contributed by atoms with Gasteiger partial charge in [-0.15, -0.1) is 0 Å². The number of fused-ring (bicyclic) bond motifs is 1. The summed E-state index contributed by atoms with van der Waals surface area (Å²) in [4.78, 5) is 8.72. The molecule has 0 unspecified atom stereocenters. The zero-order valence-electron chi connectivity index (χ0n) is 12.7. The second-order valence-corrected chi connectivity index (χ2v) is 5.77. The van der Waals surface area contributed by atoms with Crippen LogP contribution in [-0.4, -0.2) is 19.7 Å². The highest BCUT2D eigenvalue weighted by molar-refractivity contribution is 6.30. The van der Waals surface area contributed by atoms with Gasteiger partial charge < -0.3 is 5.32 Å². The molecule has 5 nitrogen and oxygen atoms in total. The van der Waals surface area contributed by atoms with Gasteiger partial charge in [0, 0.05) is 11.6 Å². The van der Waals surface area contributed by atoms with Crippen LogP contribution in [0, 0.1) is 0 Å². The average Bonchev–Trinajstić information content (AvgIpc) is 3.05. The van der Waals surface area contributed by atoms with Crippen molar-refractivity contribution in [3.05, 3.63) is 77.7 Å². The molecule has 2 aromatic heterocycles. The molecule has 118 valence electrons. The molecule has 6 heteroatoms. The third-order valence-corrected chi connectivity index (χ3v) is 3.95. The van der Waals surface area contributed by atoms with E-state index < -0.39 is 0 Å². The predicted molar refractivity (Wildman–Crippen MR) is 95.4 cm³/mol. The number of halogens is 1. The summed E-state index contributed by atoms with van der Waals surface area (Å²) in [6, 6.07) is 17.7. The maximum Gasteiger partial charge on any atom is 0.168 e. The Balaban J connectivity index is 1.66. The second-order valence-electron chi connectivity index (χ2n) is 5.33. The fourth-order valence-electron chi connectivity index (χ4n) is 2.58. The molecule has 2 heterocycles. The number of aromatic nitrogens is 4. The highest BCUT2D eigenvalue weighted by Gasteiger charge is 2.10. The standard InChI is InChI=1S/C18H14ClN5/c19-14-6-4-5-13(9-14)10-20-17-16-11-23-24(18(16)22-12-21-17)15-7-2-1-3-8-15/h1-9,11-12H,10H2,(H,20,21,22). The summed E-state index contributed by atoms with van der Waals surface area (Å²) in [5.41, 5.74) is 2.82. The molecular formula is C18H14ClN5. The summed E-state index contributed by atoms with van der Waals surface area (Å²) in [6.07, 6.45) is 3.33. The monoisotopic (exact) mass is 335 g/mol. The molecule has 0 spiro atoms. The van der Waals surface area contributed by atoms with Gasteiger partial charge in [-0.2, -0.15) is 5.10 Å². The zero-order valence-corrected chi connectivity index (χ0v) is 13.5. The van der Waals surface area contributed by atoms with Gasteiger partial charge in [0.05, 0.1) is 17.3 Å². The molecule has 0 aliphatic heterocycles. The molecule has 0 aliphatic rings. The lowest BCUT2D eigenvalue weighted by Gasteiger charge is -2.07. The van der Waals surface area contributed by atoms with Crippen LogP contribution >= 0.6 is 11.6 Å². The SMILES string of the molecule is Clc1cccc(CNc2ncnc3c2cnn3-c2ccccc2)c1. The second kappa shape index (κ2) is 6.29. The minimum atomic E-state index is 0.628. The van der Waals surface area contributed by atoms with Crippen LogP contribution in [0.4, 0.5) is 5.82 Å². The van der Waals surface area contributed by atoms with Crippen LogP contribution in [0.1, 0.15) is 5.56 Å². The van der Waals surface area contributed by atoms with E-state index in [1.54, 1.807) is 12.5 Å². The molecule has 0 aliphatic carbocycles. The molecule has 0 atom stereocenters. The Morgan fingerprint density at radius 1 is 1.00 bits per heavy atom. The predicted octanol–water partition coefficient (Wildman–Crippen LogP) is 4.08. The highest BCUT2D eigenvalue weighted by atomic mass is 35.5. The Morgan fingerprint density at radius 2 is 1.88 bits per heavy atom. The van der Waals surface area contributed by atoms with Crippen molar-refractivity contribution in [2.24, 2.45) is 0 Å². The van der Waals surface area contributed by atoms with Gasteiger partial charge in [-0.05, 0) is 29.8 Å². The first-order valence-electron chi connectivity index (χ1n) is 7.54. The average molecular weight is 336 g/mol. The molecule has 0 bridgehead atoms. The number of hydrogen-bond donors (Lipinski definition) is 1. The lowest BCUT2D eigenvalue weighted by atomic mass is 10.2. The first-order valence-corrected chi connectivity index (χ1v) is 7.91. The molecule has 0 saturated heterocycles. The Labute approximate surface area is 143 Å². The van der Waals surface area contributed by atoms with Crippen LogP contribution in [0.25, 0.3) is 16.7 Å². The highest BCUT2D eigenvalue weighted by Crippen LogP contribution is 2.22. The van der Waals surface area contributed by atoms with E-state index in [1.807, 2.05) is 59.3 Å². The normalized spacial score (nSPS) is 10.9. The van der Waals surface area contributed by atoms with Crippen molar-refractivity contribution in [3.63, 3.8) is 0 Å². The van der Waals surface area contributed by atoms with E-state index in [0.717, 1.165) is 33.1 Å². The Hall–Kier alpha value is -2.92. The van der Waals surface area contributed by atoms with Crippen molar-refractivity contribution in [1.82, 2.24) is 19.7 Å². The molecule has 0 amide bonds. The molecule has 2 aromatic carbocycles. The summed E-state index contributed by atoms with van der Waals surface area (Å²) in [6.45, 7) is 0.628. The Bertz CT molecular complexity index is 981. The smallest absolute Gasteiger partial charge is 0.168 e. The molecule has 0 saturated carbocycles. The summed E-state index contributed by atoms with van der Waals surface area (Å²) in [7, 11) is 0. The van der Waals surface area contributed by atoms with Crippen LogP contribution in [0.3, 0.4) is 0 Å². The number of nitrogens with one attached hydrogen (secondary N) is 1. The van der Waals surface area contributed by atoms with Gasteiger partial charge in [0.2, 0.25) is 0 Å². The molecular weight excluding hydrogens is 322 g/mol. The van der Waals surface area contributed by atoms with Crippen molar-refractivity contribution in [3.8, 4) is 5.69 Å². The van der Waals surface area contributed by atoms with Crippen molar-refractivity contribution >= 4 is 28.5 Å². The quantitative estimate of drug-likeness (QED) is 0.610. The molecule has 0 fully saturated rings. The van der Waals surface area contributed by atoms with Gasteiger partial charge >= 0.3 is 0 Å². The summed E-state index contributed by atoms with van der Waals surface area (Å²) in [5.74, 6) is 0.752. The van der Waals surface area contributed by atoms with Gasteiger partial charge in [-0.1, -0.05) is 41.9 Å².